The zero-order valence-electron chi connectivity index (χ0n) is 13.8. The van der Waals surface area contributed by atoms with E-state index in [9.17, 15) is 4.79 Å². The van der Waals surface area contributed by atoms with Gasteiger partial charge in [0.15, 0.2) is 11.5 Å². The Morgan fingerprint density at radius 1 is 1.08 bits per heavy atom. The van der Waals surface area contributed by atoms with Gasteiger partial charge in [-0.05, 0) is 47.4 Å². The minimum absolute atomic E-state index is 0.151. The highest BCUT2D eigenvalue weighted by Gasteiger charge is 2.22. The SMILES string of the molecule is COc1cc2c(cc1OC)CN(C(=O)Cc1ccc(Br)cc1)CC2. The molecule has 2 aromatic rings. The van der Waals surface area contributed by atoms with Crippen LogP contribution >= 0.6 is 15.9 Å². The fourth-order valence-electron chi connectivity index (χ4n) is 2.98. The van der Waals surface area contributed by atoms with Crippen LogP contribution in [0.15, 0.2) is 40.9 Å². The van der Waals surface area contributed by atoms with Crippen molar-refractivity contribution in [3.63, 3.8) is 0 Å². The highest BCUT2D eigenvalue weighted by atomic mass is 79.9. The normalized spacial score (nSPS) is 13.4. The second-order valence-electron chi connectivity index (χ2n) is 5.84. The van der Waals surface area contributed by atoms with Crippen molar-refractivity contribution >= 4 is 21.8 Å². The van der Waals surface area contributed by atoms with E-state index in [1.165, 1.54) is 5.56 Å². The van der Waals surface area contributed by atoms with Crippen molar-refractivity contribution in [2.75, 3.05) is 20.8 Å². The fourth-order valence-corrected chi connectivity index (χ4v) is 3.25. The Labute approximate surface area is 150 Å². The molecule has 0 aromatic heterocycles. The molecule has 3 rings (SSSR count). The molecule has 0 aliphatic carbocycles. The molecule has 4 nitrogen and oxygen atoms in total. The number of benzene rings is 2. The number of ether oxygens (including phenoxy) is 2. The number of nitrogens with zero attached hydrogens (tertiary/aromatic N) is 1. The lowest BCUT2D eigenvalue weighted by Gasteiger charge is -2.29. The molecule has 0 saturated heterocycles. The van der Waals surface area contributed by atoms with Crippen LogP contribution in [0.2, 0.25) is 0 Å². The van der Waals surface area contributed by atoms with E-state index < -0.39 is 0 Å². The summed E-state index contributed by atoms with van der Waals surface area (Å²) < 4.78 is 11.7. The number of halogens is 1. The molecule has 0 radical (unpaired) electrons. The van der Waals surface area contributed by atoms with E-state index in [0.29, 0.717) is 18.7 Å². The monoisotopic (exact) mass is 389 g/mol. The summed E-state index contributed by atoms with van der Waals surface area (Å²) >= 11 is 3.41. The fraction of sp³-hybridized carbons (Fsp3) is 0.316. The van der Waals surface area contributed by atoms with Gasteiger partial charge in [-0.3, -0.25) is 4.79 Å². The van der Waals surface area contributed by atoms with Gasteiger partial charge in [-0.25, -0.2) is 0 Å². The molecule has 0 N–H and O–H groups in total. The Kier molecular flexibility index (Phi) is 5.09. The molecule has 0 fully saturated rings. The zero-order valence-corrected chi connectivity index (χ0v) is 15.4. The third kappa shape index (κ3) is 3.56. The average molecular weight is 390 g/mol. The number of carbonyl (C=O) groups is 1. The minimum atomic E-state index is 0.151. The molecule has 1 amide bonds. The molecule has 126 valence electrons. The number of fused-ring (bicyclic) bond motifs is 1. The van der Waals surface area contributed by atoms with Crippen LogP contribution in [-0.2, 0) is 24.2 Å². The van der Waals surface area contributed by atoms with Crippen LogP contribution in [-0.4, -0.2) is 31.6 Å². The molecule has 1 heterocycles. The topological polar surface area (TPSA) is 38.8 Å². The highest BCUT2D eigenvalue weighted by molar-refractivity contribution is 9.10. The number of amides is 1. The molecular formula is C19H20BrNO3. The molecule has 24 heavy (non-hydrogen) atoms. The van der Waals surface area contributed by atoms with Crippen LogP contribution in [0.5, 0.6) is 11.5 Å². The van der Waals surface area contributed by atoms with Crippen LogP contribution in [0.4, 0.5) is 0 Å². The van der Waals surface area contributed by atoms with Crippen LogP contribution < -0.4 is 9.47 Å². The Morgan fingerprint density at radius 2 is 1.71 bits per heavy atom. The first-order valence-corrected chi connectivity index (χ1v) is 8.66. The summed E-state index contributed by atoms with van der Waals surface area (Å²) in [6.45, 7) is 1.35. The van der Waals surface area contributed by atoms with Gasteiger partial charge in [0.05, 0.1) is 20.6 Å². The van der Waals surface area contributed by atoms with E-state index in [-0.39, 0.29) is 5.91 Å². The molecule has 1 aliphatic rings. The molecule has 0 unspecified atom stereocenters. The second kappa shape index (κ2) is 7.26. The van der Waals surface area contributed by atoms with Gasteiger partial charge in [-0.2, -0.15) is 0 Å². The van der Waals surface area contributed by atoms with Crippen LogP contribution in [0.25, 0.3) is 0 Å². The predicted octanol–water partition coefficient (Wildman–Crippen LogP) is 3.59. The maximum Gasteiger partial charge on any atom is 0.227 e. The molecule has 0 spiro atoms. The van der Waals surface area contributed by atoms with Crippen molar-refractivity contribution in [2.45, 2.75) is 19.4 Å². The van der Waals surface area contributed by atoms with Crippen molar-refractivity contribution in [3.8, 4) is 11.5 Å². The molecule has 1 aliphatic heterocycles. The highest BCUT2D eigenvalue weighted by Crippen LogP contribution is 2.33. The molecule has 0 atom stereocenters. The summed E-state index contributed by atoms with van der Waals surface area (Å²) in [5, 5.41) is 0. The van der Waals surface area contributed by atoms with E-state index >= 15 is 0 Å². The number of carbonyl (C=O) groups excluding carboxylic acids is 1. The van der Waals surface area contributed by atoms with Crippen molar-refractivity contribution in [2.24, 2.45) is 0 Å². The Bertz CT molecular complexity index is 743. The van der Waals surface area contributed by atoms with Gasteiger partial charge in [-0.1, -0.05) is 28.1 Å². The number of hydrogen-bond donors (Lipinski definition) is 0. The maximum atomic E-state index is 12.6. The minimum Gasteiger partial charge on any atom is -0.493 e. The molecule has 0 saturated carbocycles. The first-order chi connectivity index (χ1) is 11.6. The van der Waals surface area contributed by atoms with E-state index in [0.717, 1.165) is 34.3 Å². The van der Waals surface area contributed by atoms with Gasteiger partial charge < -0.3 is 14.4 Å². The smallest absolute Gasteiger partial charge is 0.227 e. The van der Waals surface area contributed by atoms with E-state index in [4.69, 9.17) is 9.47 Å². The first-order valence-electron chi connectivity index (χ1n) is 7.86. The molecule has 0 bridgehead atoms. The summed E-state index contributed by atoms with van der Waals surface area (Å²) in [6.07, 6.45) is 1.26. The summed E-state index contributed by atoms with van der Waals surface area (Å²) in [6, 6.07) is 11.9. The molecule has 5 heteroatoms. The van der Waals surface area contributed by atoms with Gasteiger partial charge in [0.25, 0.3) is 0 Å². The zero-order chi connectivity index (χ0) is 17.1. The van der Waals surface area contributed by atoms with Crippen molar-refractivity contribution < 1.29 is 14.3 Å². The lowest BCUT2D eigenvalue weighted by atomic mass is 9.98. The average Bonchev–Trinajstić information content (AvgIpc) is 2.61. The van der Waals surface area contributed by atoms with Crippen molar-refractivity contribution in [3.05, 3.63) is 57.6 Å². The quantitative estimate of drug-likeness (QED) is 0.801. The van der Waals surface area contributed by atoms with E-state index in [1.807, 2.05) is 41.3 Å². The third-order valence-electron chi connectivity index (χ3n) is 4.34. The lowest BCUT2D eigenvalue weighted by Crippen LogP contribution is -2.36. The van der Waals surface area contributed by atoms with Crippen LogP contribution in [0.1, 0.15) is 16.7 Å². The second-order valence-corrected chi connectivity index (χ2v) is 6.76. The van der Waals surface area contributed by atoms with Crippen LogP contribution in [0, 0.1) is 0 Å². The van der Waals surface area contributed by atoms with Gasteiger partial charge in [0.2, 0.25) is 5.91 Å². The first kappa shape index (κ1) is 16.8. The van der Waals surface area contributed by atoms with Crippen molar-refractivity contribution in [1.82, 2.24) is 4.90 Å². The number of hydrogen-bond acceptors (Lipinski definition) is 3. The van der Waals surface area contributed by atoms with Gasteiger partial charge >= 0.3 is 0 Å². The largest absolute Gasteiger partial charge is 0.493 e. The maximum absolute atomic E-state index is 12.6. The number of rotatable bonds is 4. The number of methoxy groups -OCH3 is 2. The third-order valence-corrected chi connectivity index (χ3v) is 4.87. The molecule has 2 aromatic carbocycles. The molecular weight excluding hydrogens is 370 g/mol. The van der Waals surface area contributed by atoms with Gasteiger partial charge in [0, 0.05) is 17.6 Å². The van der Waals surface area contributed by atoms with Gasteiger partial charge in [-0.15, -0.1) is 0 Å². The lowest BCUT2D eigenvalue weighted by molar-refractivity contribution is -0.131. The van der Waals surface area contributed by atoms with E-state index in [2.05, 4.69) is 15.9 Å². The van der Waals surface area contributed by atoms with E-state index in [1.54, 1.807) is 14.2 Å². The summed E-state index contributed by atoms with van der Waals surface area (Å²) in [5.74, 6) is 1.60. The Hall–Kier alpha value is -2.01. The van der Waals surface area contributed by atoms with Gasteiger partial charge in [0.1, 0.15) is 0 Å². The Balaban J connectivity index is 1.74. The summed E-state index contributed by atoms with van der Waals surface area (Å²) in [4.78, 5) is 14.5. The standard InChI is InChI=1S/C19H20BrNO3/c1-23-17-10-14-7-8-21(12-15(14)11-18(17)24-2)19(22)9-13-3-5-16(20)6-4-13/h3-6,10-11H,7-9,12H2,1-2H3. The van der Waals surface area contributed by atoms with Crippen molar-refractivity contribution in [1.29, 1.82) is 0 Å². The van der Waals surface area contributed by atoms with Crippen LogP contribution in [0.3, 0.4) is 0 Å². The predicted molar refractivity (Wildman–Crippen MR) is 96.5 cm³/mol. The summed E-state index contributed by atoms with van der Waals surface area (Å²) in [5.41, 5.74) is 3.38. The summed E-state index contributed by atoms with van der Waals surface area (Å²) in [7, 11) is 3.27. The Morgan fingerprint density at radius 3 is 2.33 bits per heavy atom.